The van der Waals surface area contributed by atoms with Crippen molar-refractivity contribution in [3.05, 3.63) is 0 Å². The Bertz CT molecular complexity index is 226. The number of nitrogens with two attached hydrogens (primary N) is 1. The van der Waals surface area contributed by atoms with Gasteiger partial charge in [-0.3, -0.25) is 4.79 Å². The Hall–Kier alpha value is -0.320. The Morgan fingerprint density at radius 2 is 2.25 bits per heavy atom. The largest absolute Gasteiger partial charge is 0.379 e. The maximum Gasteiger partial charge on any atom is 0.239 e. The fraction of sp³-hybridized carbons (Fsp3) is 0.909. The molecule has 1 saturated heterocycles. The van der Waals surface area contributed by atoms with E-state index in [2.05, 4.69) is 6.92 Å². The van der Waals surface area contributed by atoms with Crippen molar-refractivity contribution in [3.8, 4) is 0 Å². The molecule has 0 saturated carbocycles. The summed E-state index contributed by atoms with van der Waals surface area (Å²) in [5.41, 5.74) is 5.74. The summed E-state index contributed by atoms with van der Waals surface area (Å²) in [6, 6.07) is -0.351. The third-order valence-electron chi connectivity index (χ3n) is 3.26. The SMILES string of the molecule is CC[C@H](N)C(=O)N1CCC(C)C(OC)C1.Cl. The summed E-state index contributed by atoms with van der Waals surface area (Å²) >= 11 is 0. The van der Waals surface area contributed by atoms with Crippen LogP contribution in [0.3, 0.4) is 0 Å². The molecule has 0 aromatic heterocycles. The highest BCUT2D eigenvalue weighted by Crippen LogP contribution is 2.19. The lowest BCUT2D eigenvalue weighted by Crippen LogP contribution is -2.51. The molecule has 1 fully saturated rings. The summed E-state index contributed by atoms with van der Waals surface area (Å²) in [5.74, 6) is 0.586. The van der Waals surface area contributed by atoms with Gasteiger partial charge in [-0.1, -0.05) is 13.8 Å². The fourth-order valence-corrected chi connectivity index (χ4v) is 1.95. The molecule has 16 heavy (non-hydrogen) atoms. The van der Waals surface area contributed by atoms with Crippen molar-refractivity contribution in [2.75, 3.05) is 20.2 Å². The first-order chi connectivity index (χ1) is 7.10. The van der Waals surface area contributed by atoms with E-state index in [1.54, 1.807) is 7.11 Å². The second kappa shape index (κ2) is 7.09. The van der Waals surface area contributed by atoms with E-state index in [1.165, 1.54) is 0 Å². The lowest BCUT2D eigenvalue weighted by atomic mass is 9.95. The average Bonchev–Trinajstić information content (AvgIpc) is 2.27. The first kappa shape index (κ1) is 15.7. The minimum Gasteiger partial charge on any atom is -0.379 e. The van der Waals surface area contributed by atoms with Gasteiger partial charge >= 0.3 is 0 Å². The van der Waals surface area contributed by atoms with E-state index >= 15 is 0 Å². The lowest BCUT2D eigenvalue weighted by molar-refractivity contribution is -0.137. The number of piperidine rings is 1. The van der Waals surface area contributed by atoms with Crippen LogP contribution in [-0.4, -0.2) is 43.2 Å². The molecule has 3 atom stereocenters. The molecule has 96 valence electrons. The third-order valence-corrected chi connectivity index (χ3v) is 3.26. The topological polar surface area (TPSA) is 55.6 Å². The second-order valence-corrected chi connectivity index (χ2v) is 4.34. The smallest absolute Gasteiger partial charge is 0.239 e. The first-order valence-corrected chi connectivity index (χ1v) is 5.67. The highest BCUT2D eigenvalue weighted by molar-refractivity contribution is 5.85. The molecule has 1 heterocycles. The predicted octanol–water partition coefficient (Wildman–Crippen LogP) is 1.03. The van der Waals surface area contributed by atoms with Crippen LogP contribution in [-0.2, 0) is 9.53 Å². The van der Waals surface area contributed by atoms with Crippen LogP contribution in [0.25, 0.3) is 0 Å². The van der Waals surface area contributed by atoms with E-state index in [9.17, 15) is 4.79 Å². The van der Waals surface area contributed by atoms with E-state index in [0.717, 1.165) is 13.0 Å². The van der Waals surface area contributed by atoms with E-state index in [1.807, 2.05) is 11.8 Å². The van der Waals surface area contributed by atoms with Crippen LogP contribution in [0.4, 0.5) is 0 Å². The molecule has 0 radical (unpaired) electrons. The van der Waals surface area contributed by atoms with Gasteiger partial charge in [0.25, 0.3) is 0 Å². The van der Waals surface area contributed by atoms with Gasteiger partial charge in [0.2, 0.25) is 5.91 Å². The summed E-state index contributed by atoms with van der Waals surface area (Å²) in [7, 11) is 1.70. The lowest BCUT2D eigenvalue weighted by Gasteiger charge is -2.37. The number of rotatable bonds is 3. The zero-order chi connectivity index (χ0) is 11.4. The van der Waals surface area contributed by atoms with Crippen molar-refractivity contribution in [2.24, 2.45) is 11.7 Å². The molecule has 0 aromatic rings. The van der Waals surface area contributed by atoms with Gasteiger partial charge in [-0.15, -0.1) is 12.4 Å². The van der Waals surface area contributed by atoms with Crippen molar-refractivity contribution in [1.29, 1.82) is 0 Å². The number of amides is 1. The molecule has 0 bridgehead atoms. The second-order valence-electron chi connectivity index (χ2n) is 4.34. The maximum absolute atomic E-state index is 11.8. The van der Waals surface area contributed by atoms with E-state index in [0.29, 0.717) is 18.9 Å². The number of ether oxygens (including phenoxy) is 1. The molecular weight excluding hydrogens is 228 g/mol. The first-order valence-electron chi connectivity index (χ1n) is 5.67. The van der Waals surface area contributed by atoms with E-state index < -0.39 is 0 Å². The Kier molecular flexibility index (Phi) is 6.95. The molecule has 1 amide bonds. The summed E-state index contributed by atoms with van der Waals surface area (Å²) < 4.78 is 5.36. The molecule has 0 spiro atoms. The molecular formula is C11H23ClN2O2. The van der Waals surface area contributed by atoms with Gasteiger partial charge in [0.1, 0.15) is 0 Å². The highest BCUT2D eigenvalue weighted by atomic mass is 35.5. The van der Waals surface area contributed by atoms with E-state index in [4.69, 9.17) is 10.5 Å². The van der Waals surface area contributed by atoms with Crippen molar-refractivity contribution in [2.45, 2.75) is 38.8 Å². The minimum atomic E-state index is -0.351. The van der Waals surface area contributed by atoms with Gasteiger partial charge in [-0.25, -0.2) is 0 Å². The quantitative estimate of drug-likeness (QED) is 0.814. The minimum absolute atomic E-state index is 0. The molecule has 2 unspecified atom stereocenters. The Morgan fingerprint density at radius 1 is 1.62 bits per heavy atom. The Labute approximate surface area is 104 Å². The number of carbonyl (C=O) groups is 1. The number of methoxy groups -OCH3 is 1. The molecule has 1 aliphatic heterocycles. The monoisotopic (exact) mass is 250 g/mol. The molecule has 1 rings (SSSR count). The van der Waals surface area contributed by atoms with Gasteiger partial charge in [0.05, 0.1) is 12.1 Å². The van der Waals surface area contributed by atoms with Crippen molar-refractivity contribution < 1.29 is 9.53 Å². The molecule has 2 N–H and O–H groups in total. The van der Waals surface area contributed by atoms with Crippen LogP contribution in [0.15, 0.2) is 0 Å². The molecule has 1 aliphatic rings. The van der Waals surface area contributed by atoms with Crippen molar-refractivity contribution >= 4 is 18.3 Å². The van der Waals surface area contributed by atoms with Gasteiger partial charge < -0.3 is 15.4 Å². The van der Waals surface area contributed by atoms with E-state index in [-0.39, 0.29) is 30.5 Å². The van der Waals surface area contributed by atoms with Crippen LogP contribution in [0.2, 0.25) is 0 Å². The molecule has 5 heteroatoms. The molecule has 4 nitrogen and oxygen atoms in total. The van der Waals surface area contributed by atoms with Crippen LogP contribution >= 0.6 is 12.4 Å². The number of carbonyl (C=O) groups excluding carboxylic acids is 1. The normalized spacial score (nSPS) is 27.1. The van der Waals surface area contributed by atoms with Crippen LogP contribution in [0, 0.1) is 5.92 Å². The van der Waals surface area contributed by atoms with Crippen LogP contribution in [0.5, 0.6) is 0 Å². The summed E-state index contributed by atoms with van der Waals surface area (Å²) in [6.45, 7) is 5.59. The highest BCUT2D eigenvalue weighted by Gasteiger charge is 2.30. The fourth-order valence-electron chi connectivity index (χ4n) is 1.95. The third kappa shape index (κ3) is 3.61. The number of hydrogen-bond donors (Lipinski definition) is 1. The summed E-state index contributed by atoms with van der Waals surface area (Å²) in [5, 5.41) is 0. The van der Waals surface area contributed by atoms with Gasteiger partial charge in [0, 0.05) is 20.2 Å². The maximum atomic E-state index is 11.8. The standard InChI is InChI=1S/C11H22N2O2.ClH/c1-4-9(12)11(14)13-6-5-8(2)10(7-13)15-3;/h8-10H,4-7,12H2,1-3H3;1H/t8?,9-,10?;/m0./s1. The predicted molar refractivity (Wildman–Crippen MR) is 66.7 cm³/mol. The van der Waals surface area contributed by atoms with Crippen molar-refractivity contribution in [1.82, 2.24) is 4.90 Å². The van der Waals surface area contributed by atoms with Crippen LogP contribution in [0.1, 0.15) is 26.7 Å². The number of hydrogen-bond acceptors (Lipinski definition) is 3. The Balaban J connectivity index is 0.00000225. The Morgan fingerprint density at radius 3 is 2.75 bits per heavy atom. The van der Waals surface area contributed by atoms with Crippen LogP contribution < -0.4 is 5.73 Å². The number of nitrogens with zero attached hydrogens (tertiary/aromatic N) is 1. The zero-order valence-corrected chi connectivity index (χ0v) is 11.1. The van der Waals surface area contributed by atoms with Gasteiger partial charge in [-0.2, -0.15) is 0 Å². The summed E-state index contributed by atoms with van der Waals surface area (Å²) in [6.07, 6.45) is 1.86. The number of likely N-dealkylation sites (tertiary alicyclic amines) is 1. The van der Waals surface area contributed by atoms with Gasteiger partial charge in [0.15, 0.2) is 0 Å². The molecule has 0 aliphatic carbocycles. The molecule has 0 aromatic carbocycles. The van der Waals surface area contributed by atoms with Gasteiger partial charge in [-0.05, 0) is 18.8 Å². The summed E-state index contributed by atoms with van der Waals surface area (Å²) in [4.78, 5) is 13.7. The average molecular weight is 251 g/mol. The zero-order valence-electron chi connectivity index (χ0n) is 10.3. The number of halogens is 1. The van der Waals surface area contributed by atoms with Crippen molar-refractivity contribution in [3.63, 3.8) is 0 Å².